The molecule has 0 radical (unpaired) electrons. The fourth-order valence-electron chi connectivity index (χ4n) is 2.46. The van der Waals surface area contributed by atoms with E-state index in [2.05, 4.69) is 4.72 Å². The first kappa shape index (κ1) is 20.0. The molecule has 7 heteroatoms. The number of rotatable bonds is 8. The van der Waals surface area contributed by atoms with Crippen molar-refractivity contribution in [3.63, 3.8) is 0 Å². The molecule has 0 unspecified atom stereocenters. The topological polar surface area (TPSA) is 72.5 Å². The van der Waals surface area contributed by atoms with E-state index in [0.29, 0.717) is 17.0 Å². The minimum atomic E-state index is -3.62. The first-order chi connectivity index (χ1) is 13.5. The van der Waals surface area contributed by atoms with Gasteiger partial charge in [-0.2, -0.15) is 0 Å². The quantitative estimate of drug-likeness (QED) is 0.436. The lowest BCUT2D eigenvalue weighted by atomic mass is 10.1. The number of Topliss-reactive ketones (excluding diaryl/α,β-unsaturated/α-hetero) is 1. The zero-order chi connectivity index (χ0) is 20.0. The number of ketones is 1. The van der Waals surface area contributed by atoms with Gasteiger partial charge in [-0.1, -0.05) is 30.3 Å². The Morgan fingerprint density at radius 2 is 1.68 bits per heavy atom. The smallest absolute Gasteiger partial charge is 0.261 e. The summed E-state index contributed by atoms with van der Waals surface area (Å²) >= 11 is 1.39. The highest BCUT2D eigenvalue weighted by Gasteiger charge is 2.13. The van der Waals surface area contributed by atoms with Crippen molar-refractivity contribution < 1.29 is 17.9 Å². The Hall–Kier alpha value is -2.77. The molecule has 0 amide bonds. The minimum absolute atomic E-state index is 0.00208. The van der Waals surface area contributed by atoms with Gasteiger partial charge in [0, 0.05) is 16.1 Å². The average Bonchev–Trinajstić information content (AvgIpc) is 2.73. The number of benzene rings is 3. The number of carbonyl (C=O) groups is 1. The van der Waals surface area contributed by atoms with Gasteiger partial charge in [0.05, 0.1) is 17.8 Å². The molecule has 3 aromatic rings. The molecule has 144 valence electrons. The summed E-state index contributed by atoms with van der Waals surface area (Å²) in [5, 5.41) is 0. The number of hydrogen-bond donors (Lipinski definition) is 1. The van der Waals surface area contributed by atoms with Crippen molar-refractivity contribution in [2.24, 2.45) is 0 Å². The summed E-state index contributed by atoms with van der Waals surface area (Å²) in [6.07, 6.45) is 0. The maximum absolute atomic E-state index is 12.3. The number of hydrogen-bond acceptors (Lipinski definition) is 5. The second-order valence-corrected chi connectivity index (χ2v) is 8.62. The van der Waals surface area contributed by atoms with Crippen LogP contribution in [0, 0.1) is 0 Å². The van der Waals surface area contributed by atoms with Gasteiger partial charge in [-0.15, -0.1) is 11.8 Å². The van der Waals surface area contributed by atoms with Gasteiger partial charge in [-0.05, 0) is 48.5 Å². The molecule has 0 aliphatic rings. The monoisotopic (exact) mass is 413 g/mol. The lowest BCUT2D eigenvalue weighted by molar-refractivity contribution is 0.102. The van der Waals surface area contributed by atoms with Crippen LogP contribution in [0.2, 0.25) is 0 Å². The van der Waals surface area contributed by atoms with E-state index in [1.54, 1.807) is 73.8 Å². The van der Waals surface area contributed by atoms with E-state index >= 15 is 0 Å². The molecule has 0 fully saturated rings. The Morgan fingerprint density at radius 3 is 2.36 bits per heavy atom. The minimum Gasteiger partial charge on any atom is -0.497 e. The summed E-state index contributed by atoms with van der Waals surface area (Å²) in [7, 11) is -2.06. The van der Waals surface area contributed by atoms with Crippen molar-refractivity contribution in [1.82, 2.24) is 0 Å². The van der Waals surface area contributed by atoms with Crippen LogP contribution in [-0.4, -0.2) is 27.1 Å². The Morgan fingerprint density at radius 1 is 0.964 bits per heavy atom. The number of nitrogens with one attached hydrogen (secondary N) is 1. The van der Waals surface area contributed by atoms with Crippen molar-refractivity contribution in [2.45, 2.75) is 9.79 Å². The molecular weight excluding hydrogens is 394 g/mol. The Kier molecular flexibility index (Phi) is 6.38. The lowest BCUT2D eigenvalue weighted by Crippen LogP contribution is -2.12. The van der Waals surface area contributed by atoms with Crippen molar-refractivity contribution in [3.05, 3.63) is 84.4 Å². The van der Waals surface area contributed by atoms with E-state index in [4.69, 9.17) is 4.74 Å². The SMILES string of the molecule is COc1cccc(C(=O)CSc2ccc(NS(=O)(=O)c3ccccc3)cc2)c1. The zero-order valence-electron chi connectivity index (χ0n) is 15.2. The number of carbonyl (C=O) groups excluding carboxylic acids is 1. The summed E-state index contributed by atoms with van der Waals surface area (Å²) < 4.78 is 32.4. The normalized spacial score (nSPS) is 11.0. The first-order valence-electron chi connectivity index (χ1n) is 8.46. The van der Waals surface area contributed by atoms with Crippen molar-refractivity contribution in [2.75, 3.05) is 17.6 Å². The fourth-order valence-corrected chi connectivity index (χ4v) is 4.33. The van der Waals surface area contributed by atoms with Crippen molar-refractivity contribution >= 4 is 33.3 Å². The fraction of sp³-hybridized carbons (Fsp3) is 0.0952. The molecule has 0 spiro atoms. The molecule has 0 atom stereocenters. The van der Waals surface area contributed by atoms with Crippen LogP contribution in [0.25, 0.3) is 0 Å². The highest BCUT2D eigenvalue weighted by Crippen LogP contribution is 2.23. The molecule has 0 bridgehead atoms. The molecule has 28 heavy (non-hydrogen) atoms. The van der Waals surface area contributed by atoms with Crippen LogP contribution in [0.5, 0.6) is 5.75 Å². The summed E-state index contributed by atoms with van der Waals surface area (Å²) in [5.41, 5.74) is 1.06. The first-order valence-corrected chi connectivity index (χ1v) is 10.9. The third-order valence-corrected chi connectivity index (χ3v) is 6.33. The van der Waals surface area contributed by atoms with Crippen LogP contribution >= 0.6 is 11.8 Å². The van der Waals surface area contributed by atoms with E-state index in [1.807, 2.05) is 0 Å². The van der Waals surface area contributed by atoms with Crippen LogP contribution in [0.3, 0.4) is 0 Å². The van der Waals surface area contributed by atoms with Gasteiger partial charge in [-0.3, -0.25) is 9.52 Å². The summed E-state index contributed by atoms with van der Waals surface area (Å²) in [6, 6.07) is 22.2. The molecule has 0 aliphatic heterocycles. The Labute approximate surface area is 168 Å². The molecule has 0 saturated carbocycles. The molecular formula is C21H19NO4S2. The van der Waals surface area contributed by atoms with Gasteiger partial charge in [0.25, 0.3) is 10.0 Å². The van der Waals surface area contributed by atoms with E-state index in [9.17, 15) is 13.2 Å². The molecule has 0 aliphatic carbocycles. The lowest BCUT2D eigenvalue weighted by Gasteiger charge is -2.09. The largest absolute Gasteiger partial charge is 0.497 e. The summed E-state index contributed by atoms with van der Waals surface area (Å²) in [6.45, 7) is 0. The zero-order valence-corrected chi connectivity index (χ0v) is 16.8. The third kappa shape index (κ3) is 5.15. The van der Waals surface area contributed by atoms with E-state index in [-0.39, 0.29) is 16.4 Å². The summed E-state index contributed by atoms with van der Waals surface area (Å²) in [5.74, 6) is 0.922. The van der Waals surface area contributed by atoms with Crippen LogP contribution in [0.1, 0.15) is 10.4 Å². The van der Waals surface area contributed by atoms with Gasteiger partial charge in [-0.25, -0.2) is 8.42 Å². The van der Waals surface area contributed by atoms with Crippen LogP contribution in [0.15, 0.2) is 88.7 Å². The van der Waals surface area contributed by atoms with Crippen LogP contribution in [-0.2, 0) is 10.0 Å². The molecule has 1 N–H and O–H groups in total. The molecule has 3 aromatic carbocycles. The van der Waals surface area contributed by atoms with E-state index < -0.39 is 10.0 Å². The molecule has 0 heterocycles. The molecule has 5 nitrogen and oxygen atoms in total. The number of sulfonamides is 1. The maximum Gasteiger partial charge on any atom is 0.261 e. The molecule has 3 rings (SSSR count). The Balaban J connectivity index is 1.61. The van der Waals surface area contributed by atoms with Crippen LogP contribution in [0.4, 0.5) is 5.69 Å². The van der Waals surface area contributed by atoms with Gasteiger partial charge in [0.1, 0.15) is 5.75 Å². The average molecular weight is 414 g/mol. The number of ether oxygens (including phenoxy) is 1. The maximum atomic E-state index is 12.3. The third-order valence-electron chi connectivity index (χ3n) is 3.92. The van der Waals surface area contributed by atoms with E-state index in [0.717, 1.165) is 4.90 Å². The van der Waals surface area contributed by atoms with Gasteiger partial charge >= 0.3 is 0 Å². The predicted molar refractivity (Wildman–Crippen MR) is 112 cm³/mol. The van der Waals surface area contributed by atoms with E-state index in [1.165, 1.54) is 23.9 Å². The highest BCUT2D eigenvalue weighted by atomic mass is 32.2. The molecule has 0 aromatic heterocycles. The summed E-state index contributed by atoms with van der Waals surface area (Å²) in [4.78, 5) is 13.4. The van der Waals surface area contributed by atoms with Crippen LogP contribution < -0.4 is 9.46 Å². The second kappa shape index (κ2) is 8.95. The van der Waals surface area contributed by atoms with Gasteiger partial charge < -0.3 is 4.74 Å². The predicted octanol–water partition coefficient (Wildman–Crippen LogP) is 4.47. The van der Waals surface area contributed by atoms with Crippen molar-refractivity contribution in [3.8, 4) is 5.75 Å². The van der Waals surface area contributed by atoms with Gasteiger partial charge in [0.15, 0.2) is 5.78 Å². The standard InChI is InChI=1S/C21H19NO4S2/c1-26-18-7-5-6-16(14-18)21(23)15-27-19-12-10-17(11-13-19)22-28(24,25)20-8-3-2-4-9-20/h2-14,22H,15H2,1H3. The van der Waals surface area contributed by atoms with Gasteiger partial charge in [0.2, 0.25) is 0 Å². The molecule has 0 saturated heterocycles. The van der Waals surface area contributed by atoms with Crippen molar-refractivity contribution in [1.29, 1.82) is 0 Å². The Bertz CT molecular complexity index is 1050. The number of anilines is 1. The second-order valence-electron chi connectivity index (χ2n) is 5.89. The number of methoxy groups -OCH3 is 1. The number of thioether (sulfide) groups is 1. The highest BCUT2D eigenvalue weighted by molar-refractivity contribution is 8.00.